The average molecular weight is 386 g/mol. The van der Waals surface area contributed by atoms with Gasteiger partial charge in [-0.25, -0.2) is 13.1 Å². The Hall–Kier alpha value is -1.71. The van der Waals surface area contributed by atoms with Gasteiger partial charge in [-0.1, -0.05) is 20.8 Å². The van der Waals surface area contributed by atoms with Gasteiger partial charge in [-0.15, -0.1) is 0 Å². The molecule has 0 aliphatic rings. The molecule has 1 aromatic rings. The van der Waals surface area contributed by atoms with Gasteiger partial charge < -0.3 is 15.4 Å². The predicted octanol–water partition coefficient (Wildman–Crippen LogP) is 0.976. The van der Waals surface area contributed by atoms with Crippen LogP contribution < -0.4 is 15.4 Å². The minimum atomic E-state index is -3.55. The maximum atomic E-state index is 12.1. The van der Waals surface area contributed by atoms with E-state index < -0.39 is 10.0 Å². The highest BCUT2D eigenvalue weighted by Crippen LogP contribution is 2.21. The zero-order chi connectivity index (χ0) is 19.6. The number of methoxy groups -OCH3 is 1. The second-order valence-electron chi connectivity index (χ2n) is 6.82. The quantitative estimate of drug-likeness (QED) is 0.332. The zero-order valence-electron chi connectivity index (χ0n) is 16.2. The Kier molecular flexibility index (Phi) is 8.97. The Balaban J connectivity index is 2.55. The molecule has 0 saturated heterocycles. The van der Waals surface area contributed by atoms with Crippen LogP contribution in [0.1, 0.15) is 27.7 Å². The molecular formula is C17H31N5O3S. The van der Waals surface area contributed by atoms with Crippen LogP contribution in [-0.2, 0) is 14.8 Å². The SMILES string of the molecule is CCNC(=NCC(OC)C(C)(C)C)NCCNS(=O)(=O)c1cccnc1. The summed E-state index contributed by atoms with van der Waals surface area (Å²) in [6.45, 7) is 10.1. The summed E-state index contributed by atoms with van der Waals surface area (Å²) in [4.78, 5) is 8.50. The minimum Gasteiger partial charge on any atom is -0.379 e. The lowest BCUT2D eigenvalue weighted by atomic mass is 9.89. The lowest BCUT2D eigenvalue weighted by Crippen LogP contribution is -2.42. The van der Waals surface area contributed by atoms with Crippen molar-refractivity contribution in [3.8, 4) is 0 Å². The highest BCUT2D eigenvalue weighted by atomic mass is 32.2. The van der Waals surface area contributed by atoms with Gasteiger partial charge in [0.15, 0.2) is 5.96 Å². The first-order chi connectivity index (χ1) is 12.2. The Labute approximate surface area is 156 Å². The fraction of sp³-hybridized carbons (Fsp3) is 0.647. The van der Waals surface area contributed by atoms with Gasteiger partial charge in [0.2, 0.25) is 10.0 Å². The van der Waals surface area contributed by atoms with Crippen LogP contribution in [0, 0.1) is 5.41 Å². The van der Waals surface area contributed by atoms with E-state index in [0.717, 1.165) is 0 Å². The molecule has 0 spiro atoms. The molecule has 26 heavy (non-hydrogen) atoms. The van der Waals surface area contributed by atoms with Crippen molar-refractivity contribution in [2.24, 2.45) is 10.4 Å². The van der Waals surface area contributed by atoms with Crippen LogP contribution >= 0.6 is 0 Å². The molecule has 0 aromatic carbocycles. The van der Waals surface area contributed by atoms with Crippen molar-refractivity contribution in [2.75, 3.05) is 33.3 Å². The topological polar surface area (TPSA) is 105 Å². The van der Waals surface area contributed by atoms with E-state index >= 15 is 0 Å². The first-order valence-electron chi connectivity index (χ1n) is 8.65. The van der Waals surface area contributed by atoms with Gasteiger partial charge in [0, 0.05) is 39.1 Å². The molecule has 0 saturated carbocycles. The van der Waals surface area contributed by atoms with E-state index in [-0.39, 0.29) is 23.0 Å². The summed E-state index contributed by atoms with van der Waals surface area (Å²) < 4.78 is 32.3. The lowest BCUT2D eigenvalue weighted by molar-refractivity contribution is 0.0241. The molecule has 148 valence electrons. The van der Waals surface area contributed by atoms with Crippen LogP contribution in [-0.4, -0.2) is 58.8 Å². The average Bonchev–Trinajstić information content (AvgIpc) is 2.58. The molecule has 9 heteroatoms. The van der Waals surface area contributed by atoms with Gasteiger partial charge in [-0.3, -0.25) is 9.98 Å². The van der Waals surface area contributed by atoms with Gasteiger partial charge >= 0.3 is 0 Å². The molecule has 1 unspecified atom stereocenters. The highest BCUT2D eigenvalue weighted by molar-refractivity contribution is 7.89. The largest absolute Gasteiger partial charge is 0.379 e. The molecule has 0 bridgehead atoms. The number of nitrogens with zero attached hydrogens (tertiary/aromatic N) is 2. The fourth-order valence-electron chi connectivity index (χ4n) is 2.17. The monoisotopic (exact) mass is 385 g/mol. The maximum absolute atomic E-state index is 12.1. The van der Waals surface area contributed by atoms with Gasteiger partial charge in [0.05, 0.1) is 12.6 Å². The molecule has 0 amide bonds. The molecule has 3 N–H and O–H groups in total. The van der Waals surface area contributed by atoms with E-state index in [1.807, 2.05) is 6.92 Å². The number of hydrogen-bond donors (Lipinski definition) is 3. The number of aromatic nitrogens is 1. The van der Waals surface area contributed by atoms with Gasteiger partial charge in [-0.2, -0.15) is 0 Å². The predicted molar refractivity (Wildman–Crippen MR) is 104 cm³/mol. The summed E-state index contributed by atoms with van der Waals surface area (Å²) in [5, 5.41) is 6.26. The highest BCUT2D eigenvalue weighted by Gasteiger charge is 2.24. The second-order valence-corrected chi connectivity index (χ2v) is 8.59. The van der Waals surface area contributed by atoms with E-state index in [4.69, 9.17) is 4.74 Å². The first-order valence-corrected chi connectivity index (χ1v) is 10.1. The first kappa shape index (κ1) is 22.3. The third kappa shape index (κ3) is 7.67. The van der Waals surface area contributed by atoms with E-state index in [2.05, 4.69) is 46.1 Å². The van der Waals surface area contributed by atoms with E-state index in [1.54, 1.807) is 13.2 Å². The minimum absolute atomic E-state index is 0.0120. The summed E-state index contributed by atoms with van der Waals surface area (Å²) >= 11 is 0. The van der Waals surface area contributed by atoms with Crippen LogP contribution in [0.15, 0.2) is 34.4 Å². The van der Waals surface area contributed by atoms with Crippen molar-refractivity contribution < 1.29 is 13.2 Å². The van der Waals surface area contributed by atoms with Crippen molar-refractivity contribution in [2.45, 2.75) is 38.7 Å². The molecule has 0 radical (unpaired) electrons. The second kappa shape index (κ2) is 10.4. The third-order valence-electron chi connectivity index (χ3n) is 3.66. The molecule has 1 rings (SSSR count). The van der Waals surface area contributed by atoms with Crippen molar-refractivity contribution in [3.05, 3.63) is 24.5 Å². The lowest BCUT2D eigenvalue weighted by Gasteiger charge is -2.28. The molecular weight excluding hydrogens is 354 g/mol. The summed E-state index contributed by atoms with van der Waals surface area (Å²) in [7, 11) is -1.87. The standard InChI is InChI=1S/C17H31N5O3S/c1-6-19-16(21-13-15(25-5)17(2,3)4)20-10-11-22-26(23,24)14-8-7-9-18-12-14/h7-9,12,15,22H,6,10-11,13H2,1-5H3,(H2,19,20,21). The van der Waals surface area contributed by atoms with E-state index in [0.29, 0.717) is 25.6 Å². The zero-order valence-corrected chi connectivity index (χ0v) is 17.1. The number of aliphatic imine (C=N–C) groups is 1. The molecule has 1 aromatic heterocycles. The van der Waals surface area contributed by atoms with Crippen LogP contribution in [0.3, 0.4) is 0 Å². The van der Waals surface area contributed by atoms with Crippen molar-refractivity contribution >= 4 is 16.0 Å². The summed E-state index contributed by atoms with van der Waals surface area (Å²) in [5.41, 5.74) is -0.0189. The van der Waals surface area contributed by atoms with Gasteiger partial charge in [-0.05, 0) is 24.5 Å². The number of sulfonamides is 1. The number of rotatable bonds is 9. The van der Waals surface area contributed by atoms with Crippen molar-refractivity contribution in [1.29, 1.82) is 0 Å². The Morgan fingerprint density at radius 3 is 2.58 bits per heavy atom. The van der Waals surface area contributed by atoms with Crippen LogP contribution in [0.25, 0.3) is 0 Å². The Morgan fingerprint density at radius 1 is 1.31 bits per heavy atom. The number of nitrogens with one attached hydrogen (secondary N) is 3. The van der Waals surface area contributed by atoms with Crippen molar-refractivity contribution in [1.82, 2.24) is 20.3 Å². The number of guanidine groups is 1. The molecule has 0 fully saturated rings. The summed E-state index contributed by atoms with van der Waals surface area (Å²) in [5.74, 6) is 0.624. The smallest absolute Gasteiger partial charge is 0.242 e. The van der Waals surface area contributed by atoms with Gasteiger partial charge in [0.1, 0.15) is 4.90 Å². The van der Waals surface area contributed by atoms with Gasteiger partial charge in [0.25, 0.3) is 0 Å². The van der Waals surface area contributed by atoms with Crippen LogP contribution in [0.5, 0.6) is 0 Å². The number of hydrogen-bond acceptors (Lipinski definition) is 5. The van der Waals surface area contributed by atoms with Crippen LogP contribution in [0.4, 0.5) is 0 Å². The number of pyridine rings is 1. The van der Waals surface area contributed by atoms with E-state index in [9.17, 15) is 8.42 Å². The molecule has 1 heterocycles. The molecule has 0 aliphatic carbocycles. The number of ether oxygens (including phenoxy) is 1. The molecule has 8 nitrogen and oxygen atoms in total. The van der Waals surface area contributed by atoms with Crippen LogP contribution in [0.2, 0.25) is 0 Å². The maximum Gasteiger partial charge on any atom is 0.242 e. The van der Waals surface area contributed by atoms with Crippen molar-refractivity contribution in [3.63, 3.8) is 0 Å². The summed E-state index contributed by atoms with van der Waals surface area (Å²) in [6.07, 6.45) is 2.84. The Bertz CT molecular complexity index is 657. The Morgan fingerprint density at radius 2 is 2.04 bits per heavy atom. The summed E-state index contributed by atoms with van der Waals surface area (Å²) in [6, 6.07) is 3.09. The third-order valence-corrected chi connectivity index (χ3v) is 5.11. The normalized spacial score (nSPS) is 14.1. The fourth-order valence-corrected chi connectivity index (χ4v) is 3.17. The molecule has 1 atom stereocenters. The molecule has 0 aliphatic heterocycles. The van der Waals surface area contributed by atoms with E-state index in [1.165, 1.54) is 18.5 Å².